The van der Waals surface area contributed by atoms with E-state index < -0.39 is 0 Å². The molecule has 0 unspecified atom stereocenters. The number of aliphatic hydroxyl groups is 1. The first kappa shape index (κ1) is 9.00. The molecule has 1 aliphatic rings. The van der Waals surface area contributed by atoms with Gasteiger partial charge in [0.1, 0.15) is 6.61 Å². The maximum absolute atomic E-state index is 9.04. The van der Waals surface area contributed by atoms with Crippen molar-refractivity contribution in [1.82, 2.24) is 0 Å². The van der Waals surface area contributed by atoms with Crippen molar-refractivity contribution in [2.45, 2.75) is 6.10 Å². The summed E-state index contributed by atoms with van der Waals surface area (Å²) in [6, 6.07) is 5.96. The predicted molar refractivity (Wildman–Crippen MR) is 58.8 cm³/mol. The SMILES string of the molecule is OC[C@H]1COc2ccc3sccc3c2O1. The molecule has 1 aromatic carbocycles. The minimum absolute atomic E-state index is 0.0139. The Hall–Kier alpha value is -1.26. The van der Waals surface area contributed by atoms with Gasteiger partial charge in [-0.15, -0.1) is 11.3 Å². The van der Waals surface area contributed by atoms with Gasteiger partial charge in [-0.3, -0.25) is 0 Å². The number of fused-ring (bicyclic) bond motifs is 3. The van der Waals surface area contributed by atoms with E-state index in [1.54, 1.807) is 11.3 Å². The third-order valence-electron chi connectivity index (χ3n) is 2.46. The average Bonchev–Trinajstić information content (AvgIpc) is 2.76. The van der Waals surface area contributed by atoms with Crippen LogP contribution in [-0.4, -0.2) is 24.4 Å². The lowest BCUT2D eigenvalue weighted by Gasteiger charge is -2.25. The number of hydrogen-bond donors (Lipinski definition) is 1. The van der Waals surface area contributed by atoms with Gasteiger partial charge in [-0.05, 0) is 23.6 Å². The van der Waals surface area contributed by atoms with E-state index in [1.165, 1.54) is 4.70 Å². The normalized spacial score (nSPS) is 19.4. The van der Waals surface area contributed by atoms with Gasteiger partial charge in [0, 0.05) is 10.1 Å². The first-order valence-corrected chi connectivity index (χ1v) is 5.67. The number of benzene rings is 1. The summed E-state index contributed by atoms with van der Waals surface area (Å²) in [6.45, 7) is 0.402. The minimum atomic E-state index is -0.247. The van der Waals surface area contributed by atoms with E-state index in [1.807, 2.05) is 23.6 Å². The van der Waals surface area contributed by atoms with Crippen molar-refractivity contribution in [2.24, 2.45) is 0 Å². The molecule has 4 heteroatoms. The molecule has 0 fully saturated rings. The van der Waals surface area contributed by atoms with Gasteiger partial charge in [0.05, 0.1) is 6.61 Å². The zero-order valence-corrected chi connectivity index (χ0v) is 8.79. The first-order valence-electron chi connectivity index (χ1n) is 4.79. The molecule has 0 radical (unpaired) electrons. The fraction of sp³-hybridized carbons (Fsp3) is 0.273. The highest BCUT2D eigenvalue weighted by atomic mass is 32.1. The molecule has 78 valence electrons. The Bertz CT molecular complexity index is 492. The lowest BCUT2D eigenvalue weighted by Crippen LogP contribution is -2.32. The maximum atomic E-state index is 9.04. The van der Waals surface area contributed by atoms with Crippen LogP contribution in [0.1, 0.15) is 0 Å². The van der Waals surface area contributed by atoms with E-state index in [2.05, 4.69) is 0 Å². The Labute approximate surface area is 90.9 Å². The van der Waals surface area contributed by atoms with Crippen molar-refractivity contribution in [3.8, 4) is 11.5 Å². The molecule has 0 amide bonds. The summed E-state index contributed by atoms with van der Waals surface area (Å²) in [5.41, 5.74) is 0. The molecule has 0 saturated heterocycles. The Balaban J connectivity index is 2.15. The molecule has 2 heterocycles. The van der Waals surface area contributed by atoms with Crippen LogP contribution in [0.2, 0.25) is 0 Å². The second-order valence-corrected chi connectivity index (χ2v) is 4.41. The summed E-state index contributed by atoms with van der Waals surface area (Å²) in [5.74, 6) is 1.53. The molecule has 3 nitrogen and oxygen atoms in total. The Kier molecular flexibility index (Phi) is 2.04. The standard InChI is InChI=1S/C11H10O3S/c12-5-7-6-13-9-1-2-10-8(3-4-15-10)11(9)14-7/h1-4,7,12H,5-6H2/t7-/m0/s1. The molecular formula is C11H10O3S. The van der Waals surface area contributed by atoms with Crippen molar-refractivity contribution >= 4 is 21.4 Å². The van der Waals surface area contributed by atoms with Crippen LogP contribution in [0.3, 0.4) is 0 Å². The average molecular weight is 222 g/mol. The lowest BCUT2D eigenvalue weighted by molar-refractivity contribution is 0.0472. The van der Waals surface area contributed by atoms with Crippen LogP contribution in [0.5, 0.6) is 11.5 Å². The smallest absolute Gasteiger partial charge is 0.170 e. The third kappa shape index (κ3) is 1.37. The van der Waals surface area contributed by atoms with Gasteiger partial charge in [0.25, 0.3) is 0 Å². The first-order chi connectivity index (χ1) is 7.38. The van der Waals surface area contributed by atoms with Crippen molar-refractivity contribution < 1.29 is 14.6 Å². The Morgan fingerprint density at radius 3 is 3.20 bits per heavy atom. The fourth-order valence-electron chi connectivity index (χ4n) is 1.71. The van der Waals surface area contributed by atoms with Gasteiger partial charge < -0.3 is 14.6 Å². The van der Waals surface area contributed by atoms with E-state index >= 15 is 0 Å². The number of rotatable bonds is 1. The molecule has 1 aliphatic heterocycles. The van der Waals surface area contributed by atoms with Gasteiger partial charge >= 0.3 is 0 Å². The van der Waals surface area contributed by atoms with Crippen LogP contribution < -0.4 is 9.47 Å². The molecule has 1 aromatic heterocycles. The summed E-state index contributed by atoms with van der Waals surface area (Å²) < 4.78 is 12.4. The summed E-state index contributed by atoms with van der Waals surface area (Å²) in [5, 5.41) is 12.1. The molecular weight excluding hydrogens is 212 g/mol. The van der Waals surface area contributed by atoms with Crippen molar-refractivity contribution in [3.63, 3.8) is 0 Å². The van der Waals surface area contributed by atoms with Gasteiger partial charge in [0.2, 0.25) is 0 Å². The topological polar surface area (TPSA) is 38.7 Å². The molecule has 0 spiro atoms. The van der Waals surface area contributed by atoms with Crippen LogP contribution >= 0.6 is 11.3 Å². The third-order valence-corrected chi connectivity index (χ3v) is 3.34. The van der Waals surface area contributed by atoms with Gasteiger partial charge in [-0.2, -0.15) is 0 Å². The Morgan fingerprint density at radius 2 is 2.33 bits per heavy atom. The molecule has 0 aliphatic carbocycles. The molecule has 0 saturated carbocycles. The number of aliphatic hydroxyl groups excluding tert-OH is 1. The van der Waals surface area contributed by atoms with Gasteiger partial charge in [-0.25, -0.2) is 0 Å². The van der Waals surface area contributed by atoms with Crippen LogP contribution in [0, 0.1) is 0 Å². The highest BCUT2D eigenvalue weighted by molar-refractivity contribution is 7.17. The van der Waals surface area contributed by atoms with Crippen LogP contribution in [0.4, 0.5) is 0 Å². The maximum Gasteiger partial charge on any atom is 0.170 e. The second-order valence-electron chi connectivity index (χ2n) is 3.46. The van der Waals surface area contributed by atoms with Gasteiger partial charge in [-0.1, -0.05) is 0 Å². The minimum Gasteiger partial charge on any atom is -0.486 e. The van der Waals surface area contributed by atoms with Crippen LogP contribution in [0.25, 0.3) is 10.1 Å². The van der Waals surface area contributed by atoms with E-state index in [9.17, 15) is 0 Å². The van der Waals surface area contributed by atoms with Crippen molar-refractivity contribution in [1.29, 1.82) is 0 Å². The van der Waals surface area contributed by atoms with E-state index in [-0.39, 0.29) is 12.7 Å². The fourth-order valence-corrected chi connectivity index (χ4v) is 2.49. The summed E-state index contributed by atoms with van der Waals surface area (Å²) in [7, 11) is 0. The lowest BCUT2D eigenvalue weighted by atomic mass is 10.2. The summed E-state index contributed by atoms with van der Waals surface area (Å²) >= 11 is 1.67. The van der Waals surface area contributed by atoms with E-state index in [0.717, 1.165) is 16.9 Å². The zero-order chi connectivity index (χ0) is 10.3. The number of thiophene rings is 1. The Morgan fingerprint density at radius 1 is 1.40 bits per heavy atom. The molecule has 15 heavy (non-hydrogen) atoms. The highest BCUT2D eigenvalue weighted by Gasteiger charge is 2.22. The quantitative estimate of drug-likeness (QED) is 0.802. The predicted octanol–water partition coefficient (Wildman–Crippen LogP) is 2.03. The van der Waals surface area contributed by atoms with Crippen molar-refractivity contribution in [3.05, 3.63) is 23.6 Å². The highest BCUT2D eigenvalue weighted by Crippen LogP contribution is 2.40. The number of hydrogen-bond acceptors (Lipinski definition) is 4. The number of ether oxygens (including phenoxy) is 2. The molecule has 0 bridgehead atoms. The molecule has 1 N–H and O–H groups in total. The molecule has 2 aromatic rings. The largest absolute Gasteiger partial charge is 0.486 e. The second kappa shape index (κ2) is 3.40. The summed E-state index contributed by atoms with van der Waals surface area (Å²) in [6.07, 6.45) is -0.247. The van der Waals surface area contributed by atoms with Crippen molar-refractivity contribution in [2.75, 3.05) is 13.2 Å². The van der Waals surface area contributed by atoms with Crippen LogP contribution in [0.15, 0.2) is 23.6 Å². The van der Waals surface area contributed by atoms with Crippen LogP contribution in [-0.2, 0) is 0 Å². The van der Waals surface area contributed by atoms with E-state index in [4.69, 9.17) is 14.6 Å². The summed E-state index contributed by atoms with van der Waals surface area (Å²) in [4.78, 5) is 0. The zero-order valence-electron chi connectivity index (χ0n) is 7.97. The van der Waals surface area contributed by atoms with Gasteiger partial charge in [0.15, 0.2) is 17.6 Å². The monoisotopic (exact) mass is 222 g/mol. The van der Waals surface area contributed by atoms with E-state index in [0.29, 0.717) is 6.61 Å². The molecule has 1 atom stereocenters. The molecule has 3 rings (SSSR count).